The summed E-state index contributed by atoms with van der Waals surface area (Å²) in [5.74, 6) is -0.550. The Morgan fingerprint density at radius 2 is 1.50 bits per heavy atom. The molecule has 0 atom stereocenters. The van der Waals surface area contributed by atoms with Crippen LogP contribution in [0.25, 0.3) is 0 Å². The highest BCUT2D eigenvalue weighted by Crippen LogP contribution is 2.18. The van der Waals surface area contributed by atoms with Crippen molar-refractivity contribution in [1.82, 2.24) is 5.32 Å². The predicted octanol–water partition coefficient (Wildman–Crippen LogP) is 3.61. The molecule has 0 aliphatic carbocycles. The van der Waals surface area contributed by atoms with E-state index in [0.717, 1.165) is 0 Å². The van der Waals surface area contributed by atoms with E-state index in [1.165, 1.54) is 18.2 Å². The number of Topliss-reactive ketones (excluding diaryl/α,β-unsaturated/α-hetero) is 1. The smallest absolute Gasteiger partial charge is 0.251 e. The number of ketones is 1. The highest BCUT2D eigenvalue weighted by molar-refractivity contribution is 6.35. The van der Waals surface area contributed by atoms with Crippen LogP contribution in [0.5, 0.6) is 0 Å². The van der Waals surface area contributed by atoms with Crippen LogP contribution in [0.4, 0.5) is 0 Å². The van der Waals surface area contributed by atoms with Gasteiger partial charge in [0.05, 0.1) is 6.54 Å². The van der Waals surface area contributed by atoms with Gasteiger partial charge in [0.15, 0.2) is 5.78 Å². The van der Waals surface area contributed by atoms with E-state index < -0.39 is 5.91 Å². The van der Waals surface area contributed by atoms with E-state index >= 15 is 0 Å². The topological polar surface area (TPSA) is 46.2 Å². The van der Waals surface area contributed by atoms with Gasteiger partial charge in [-0.1, -0.05) is 53.5 Å². The Bertz CT molecular complexity index is 621. The van der Waals surface area contributed by atoms with Crippen molar-refractivity contribution in [1.29, 1.82) is 0 Å². The van der Waals surface area contributed by atoms with Crippen molar-refractivity contribution in [2.24, 2.45) is 0 Å². The summed E-state index contributed by atoms with van der Waals surface area (Å²) in [6.45, 7) is -0.0764. The number of amides is 1. The fourth-order valence-corrected chi connectivity index (χ4v) is 2.20. The van der Waals surface area contributed by atoms with Crippen LogP contribution in [0.2, 0.25) is 10.0 Å². The number of benzene rings is 2. The first kappa shape index (κ1) is 14.6. The second-order valence-corrected chi connectivity index (χ2v) is 5.00. The summed E-state index contributed by atoms with van der Waals surface area (Å²) in [7, 11) is 0. The van der Waals surface area contributed by atoms with Crippen LogP contribution in [0.15, 0.2) is 48.5 Å². The Morgan fingerprint density at radius 3 is 2.10 bits per heavy atom. The third-order valence-electron chi connectivity index (χ3n) is 2.63. The van der Waals surface area contributed by atoms with E-state index in [1.54, 1.807) is 24.3 Å². The SMILES string of the molecule is O=C(CNC(=O)c1cc(Cl)cc(Cl)c1)c1ccccc1. The summed E-state index contributed by atoms with van der Waals surface area (Å²) in [6, 6.07) is 13.3. The Labute approximate surface area is 126 Å². The van der Waals surface area contributed by atoms with Gasteiger partial charge in [-0.15, -0.1) is 0 Å². The fourth-order valence-electron chi connectivity index (χ4n) is 1.67. The van der Waals surface area contributed by atoms with Gasteiger partial charge in [-0.25, -0.2) is 0 Å². The Morgan fingerprint density at radius 1 is 0.900 bits per heavy atom. The lowest BCUT2D eigenvalue weighted by atomic mass is 10.1. The number of carbonyl (C=O) groups is 2. The average Bonchev–Trinajstić information content (AvgIpc) is 2.44. The molecule has 2 aromatic carbocycles. The number of hydrogen-bond donors (Lipinski definition) is 1. The highest BCUT2D eigenvalue weighted by atomic mass is 35.5. The van der Waals surface area contributed by atoms with E-state index in [0.29, 0.717) is 21.2 Å². The maximum Gasteiger partial charge on any atom is 0.251 e. The van der Waals surface area contributed by atoms with Crippen molar-refractivity contribution < 1.29 is 9.59 Å². The number of halogens is 2. The molecule has 3 nitrogen and oxygen atoms in total. The second-order valence-electron chi connectivity index (χ2n) is 4.13. The largest absolute Gasteiger partial charge is 0.345 e. The number of carbonyl (C=O) groups excluding carboxylic acids is 2. The zero-order valence-electron chi connectivity index (χ0n) is 10.4. The van der Waals surface area contributed by atoms with Crippen molar-refractivity contribution in [3.8, 4) is 0 Å². The lowest BCUT2D eigenvalue weighted by Crippen LogP contribution is -2.29. The molecule has 0 saturated heterocycles. The van der Waals surface area contributed by atoms with Gasteiger partial charge in [0.2, 0.25) is 0 Å². The minimum absolute atomic E-state index is 0.0764. The van der Waals surface area contributed by atoms with E-state index in [-0.39, 0.29) is 12.3 Å². The molecule has 0 heterocycles. The molecule has 1 N–H and O–H groups in total. The molecular weight excluding hydrogens is 297 g/mol. The van der Waals surface area contributed by atoms with Crippen LogP contribution in [0, 0.1) is 0 Å². The summed E-state index contributed by atoms with van der Waals surface area (Å²) < 4.78 is 0. The summed E-state index contributed by atoms with van der Waals surface area (Å²) in [5, 5.41) is 3.29. The maximum atomic E-state index is 11.9. The number of nitrogens with one attached hydrogen (secondary N) is 1. The normalized spacial score (nSPS) is 10.1. The summed E-state index contributed by atoms with van der Waals surface area (Å²) in [6.07, 6.45) is 0. The van der Waals surface area contributed by atoms with Crippen LogP contribution < -0.4 is 5.32 Å². The standard InChI is InChI=1S/C15H11Cl2NO2/c16-12-6-11(7-13(17)8-12)15(20)18-9-14(19)10-4-2-1-3-5-10/h1-8H,9H2,(H,18,20). The molecule has 0 aromatic heterocycles. The average molecular weight is 308 g/mol. The molecule has 20 heavy (non-hydrogen) atoms. The second kappa shape index (κ2) is 6.55. The third kappa shape index (κ3) is 3.83. The molecule has 0 bridgehead atoms. The van der Waals surface area contributed by atoms with Gasteiger partial charge in [0.25, 0.3) is 5.91 Å². The van der Waals surface area contributed by atoms with Crippen molar-refractivity contribution in [3.05, 3.63) is 69.7 Å². The van der Waals surface area contributed by atoms with Crippen molar-refractivity contribution in [2.45, 2.75) is 0 Å². The lowest BCUT2D eigenvalue weighted by Gasteiger charge is -2.06. The zero-order chi connectivity index (χ0) is 14.5. The first-order valence-electron chi connectivity index (χ1n) is 5.89. The van der Waals surface area contributed by atoms with Crippen LogP contribution in [-0.4, -0.2) is 18.2 Å². The van der Waals surface area contributed by atoms with Crippen LogP contribution in [0.1, 0.15) is 20.7 Å². The van der Waals surface area contributed by atoms with Crippen LogP contribution in [-0.2, 0) is 0 Å². The first-order valence-corrected chi connectivity index (χ1v) is 6.64. The highest BCUT2D eigenvalue weighted by Gasteiger charge is 2.10. The van der Waals surface area contributed by atoms with Gasteiger partial charge in [-0.05, 0) is 18.2 Å². The molecule has 102 valence electrons. The zero-order valence-corrected chi connectivity index (χ0v) is 11.9. The lowest BCUT2D eigenvalue weighted by molar-refractivity contribution is 0.0904. The quantitative estimate of drug-likeness (QED) is 0.877. The third-order valence-corrected chi connectivity index (χ3v) is 3.07. The molecule has 0 radical (unpaired) electrons. The van der Waals surface area contributed by atoms with Crippen LogP contribution in [0.3, 0.4) is 0 Å². The summed E-state index contributed by atoms with van der Waals surface area (Å²) >= 11 is 11.6. The fraction of sp³-hybridized carbons (Fsp3) is 0.0667. The van der Waals surface area contributed by atoms with E-state index in [1.807, 2.05) is 6.07 Å². The molecule has 2 aromatic rings. The van der Waals surface area contributed by atoms with Crippen LogP contribution >= 0.6 is 23.2 Å². The minimum atomic E-state index is -0.390. The molecule has 0 saturated carbocycles. The molecule has 5 heteroatoms. The Balaban J connectivity index is 2.00. The molecule has 0 aliphatic rings. The van der Waals surface area contributed by atoms with Gasteiger partial charge in [-0.3, -0.25) is 9.59 Å². The van der Waals surface area contributed by atoms with Crippen molar-refractivity contribution in [2.75, 3.05) is 6.54 Å². The Kier molecular flexibility index (Phi) is 4.77. The summed E-state index contributed by atoms with van der Waals surface area (Å²) in [5.41, 5.74) is 0.875. The molecule has 1 amide bonds. The predicted molar refractivity (Wildman–Crippen MR) is 79.6 cm³/mol. The monoisotopic (exact) mass is 307 g/mol. The van der Waals surface area contributed by atoms with Gasteiger partial charge in [0, 0.05) is 21.2 Å². The molecule has 2 rings (SSSR count). The van der Waals surface area contributed by atoms with E-state index in [4.69, 9.17) is 23.2 Å². The number of hydrogen-bond acceptors (Lipinski definition) is 2. The molecule has 0 aliphatic heterocycles. The van der Waals surface area contributed by atoms with Gasteiger partial charge in [-0.2, -0.15) is 0 Å². The van der Waals surface area contributed by atoms with E-state index in [9.17, 15) is 9.59 Å². The van der Waals surface area contributed by atoms with E-state index in [2.05, 4.69) is 5.32 Å². The molecule has 0 unspecified atom stereocenters. The van der Waals surface area contributed by atoms with Gasteiger partial charge >= 0.3 is 0 Å². The number of rotatable bonds is 4. The van der Waals surface area contributed by atoms with Crippen molar-refractivity contribution >= 4 is 34.9 Å². The Hall–Kier alpha value is -1.84. The minimum Gasteiger partial charge on any atom is -0.345 e. The molecule has 0 fully saturated rings. The summed E-state index contributed by atoms with van der Waals surface area (Å²) in [4.78, 5) is 23.8. The van der Waals surface area contributed by atoms with Crippen molar-refractivity contribution in [3.63, 3.8) is 0 Å². The van der Waals surface area contributed by atoms with Gasteiger partial charge in [0.1, 0.15) is 0 Å². The maximum absolute atomic E-state index is 11.9. The molecular formula is C15H11Cl2NO2. The first-order chi connectivity index (χ1) is 9.56. The molecule has 0 spiro atoms. The van der Waals surface area contributed by atoms with Gasteiger partial charge < -0.3 is 5.32 Å².